The lowest BCUT2D eigenvalue weighted by Gasteiger charge is -2.35. The number of fused-ring (bicyclic) bond motifs is 1. The van der Waals surface area contributed by atoms with Crippen molar-refractivity contribution in [3.05, 3.63) is 0 Å². The lowest BCUT2D eigenvalue weighted by molar-refractivity contribution is -0.144. The molecule has 5 atom stereocenters. The van der Waals surface area contributed by atoms with Crippen molar-refractivity contribution in [1.82, 2.24) is 15.5 Å². The van der Waals surface area contributed by atoms with E-state index in [9.17, 15) is 24.0 Å². The zero-order chi connectivity index (χ0) is 26.1. The average molecular weight is 493 g/mol. The van der Waals surface area contributed by atoms with E-state index < -0.39 is 41.8 Å². The molecule has 0 bridgehead atoms. The first-order valence-electron chi connectivity index (χ1n) is 12.8. The van der Waals surface area contributed by atoms with Gasteiger partial charge in [0, 0.05) is 6.54 Å². The van der Waals surface area contributed by atoms with Crippen LogP contribution in [0, 0.1) is 23.2 Å². The predicted octanol–water partition coefficient (Wildman–Crippen LogP) is 1.50. The average Bonchev–Trinajstić information content (AvgIpc) is 3.23. The Morgan fingerprint density at radius 3 is 2.26 bits per heavy atom. The molecule has 10 heteroatoms. The number of nitrogens with one attached hydrogen (secondary N) is 2. The van der Waals surface area contributed by atoms with Gasteiger partial charge >= 0.3 is 6.09 Å². The van der Waals surface area contributed by atoms with Crippen LogP contribution in [0.3, 0.4) is 0 Å². The Morgan fingerprint density at radius 1 is 1.09 bits per heavy atom. The lowest BCUT2D eigenvalue weighted by Crippen LogP contribution is -2.59. The van der Waals surface area contributed by atoms with Crippen LogP contribution in [0.5, 0.6) is 0 Å². The summed E-state index contributed by atoms with van der Waals surface area (Å²) in [4.78, 5) is 65.1. The number of nitrogens with zero attached hydrogens (tertiary/aromatic N) is 1. The second kappa shape index (κ2) is 10.5. The highest BCUT2D eigenvalue weighted by molar-refractivity contribution is 6.37. The molecule has 3 unspecified atom stereocenters. The first kappa shape index (κ1) is 26.9. The number of amides is 4. The third-order valence-electron chi connectivity index (χ3n) is 7.97. The first-order valence-corrected chi connectivity index (χ1v) is 12.8. The maximum Gasteiger partial charge on any atom is 0.408 e. The van der Waals surface area contributed by atoms with Crippen LogP contribution in [0.25, 0.3) is 0 Å². The van der Waals surface area contributed by atoms with Crippen molar-refractivity contribution in [3.63, 3.8) is 0 Å². The Kier molecular flexibility index (Phi) is 8.11. The maximum atomic E-state index is 13.8. The van der Waals surface area contributed by atoms with Gasteiger partial charge in [-0.1, -0.05) is 40.0 Å². The number of nitrogens with two attached hydrogens (primary N) is 1. The Hall–Kier alpha value is -2.65. The van der Waals surface area contributed by atoms with Gasteiger partial charge in [0.15, 0.2) is 0 Å². The monoisotopic (exact) mass is 492 g/mol. The molecule has 3 fully saturated rings. The summed E-state index contributed by atoms with van der Waals surface area (Å²) in [5.74, 6) is -2.64. The van der Waals surface area contributed by atoms with E-state index in [-0.39, 0.29) is 41.6 Å². The van der Waals surface area contributed by atoms with Crippen molar-refractivity contribution in [2.75, 3.05) is 6.54 Å². The van der Waals surface area contributed by atoms with Crippen molar-refractivity contribution in [2.45, 2.75) is 97.4 Å². The number of carbonyl (C=O) groups excluding carboxylic acids is 5. The molecule has 2 aliphatic carbocycles. The van der Waals surface area contributed by atoms with E-state index in [0.717, 1.165) is 25.7 Å². The summed E-state index contributed by atoms with van der Waals surface area (Å²) < 4.78 is 5.24. The summed E-state index contributed by atoms with van der Waals surface area (Å²) in [5.41, 5.74) is 5.06. The van der Waals surface area contributed by atoms with Crippen LogP contribution >= 0.6 is 0 Å². The quantitative estimate of drug-likeness (QED) is 0.394. The number of ether oxygens (including phenoxy) is 1. The van der Waals surface area contributed by atoms with E-state index in [4.69, 9.17) is 10.5 Å². The lowest BCUT2D eigenvalue weighted by atomic mass is 9.94. The number of piperidine rings is 1. The number of likely N-dealkylation sites (tertiary alicyclic amines) is 1. The Bertz CT molecular complexity index is 866. The number of carbonyl (C=O) groups is 5. The standard InChI is InChI=1S/C25H40N4O6/c1-6-9-16(20(30)21(26)31)27-22(32)19-17-15(25(17,4)5)12-29(19)23(33)18(14-10-7-8-11-14)28-24(34)35-13(2)3/h13-19H,6-12H2,1-5H3,(H2,26,31)(H,27,32)(H,28,34)/t15?,16?,17?,18-,19-/m0/s1. The van der Waals surface area contributed by atoms with Gasteiger partial charge in [-0.2, -0.15) is 0 Å². The molecule has 0 aromatic rings. The fraction of sp³-hybridized carbons (Fsp3) is 0.800. The topological polar surface area (TPSA) is 148 Å². The summed E-state index contributed by atoms with van der Waals surface area (Å²) in [6, 6.07) is -2.58. The van der Waals surface area contributed by atoms with E-state index in [1.165, 1.54) is 0 Å². The predicted molar refractivity (Wildman–Crippen MR) is 128 cm³/mol. The molecule has 3 aliphatic rings. The molecule has 0 aromatic heterocycles. The number of ketones is 1. The molecule has 3 rings (SSSR count). The normalized spacial score (nSPS) is 26.6. The van der Waals surface area contributed by atoms with Gasteiger partial charge in [0.2, 0.25) is 17.6 Å². The van der Waals surface area contributed by atoms with Crippen LogP contribution in [-0.2, 0) is 23.9 Å². The van der Waals surface area contributed by atoms with Gasteiger partial charge in [0.25, 0.3) is 5.91 Å². The van der Waals surface area contributed by atoms with Gasteiger partial charge in [0.05, 0.1) is 12.1 Å². The minimum atomic E-state index is -1.10. The Balaban J connectivity index is 1.83. The van der Waals surface area contributed by atoms with Crippen molar-refractivity contribution in [2.24, 2.45) is 28.9 Å². The van der Waals surface area contributed by atoms with Crippen molar-refractivity contribution >= 4 is 29.6 Å². The molecule has 1 aliphatic heterocycles. The highest BCUT2D eigenvalue weighted by Gasteiger charge is 2.69. The number of hydrogen-bond acceptors (Lipinski definition) is 6. The number of primary amides is 1. The maximum absolute atomic E-state index is 13.8. The molecule has 0 aromatic carbocycles. The van der Waals surface area contributed by atoms with Gasteiger partial charge < -0.3 is 26.0 Å². The van der Waals surface area contributed by atoms with E-state index in [1.807, 2.05) is 6.92 Å². The van der Waals surface area contributed by atoms with E-state index in [0.29, 0.717) is 13.0 Å². The van der Waals surface area contributed by atoms with Crippen LogP contribution < -0.4 is 16.4 Å². The first-order chi connectivity index (χ1) is 16.4. The number of hydrogen-bond donors (Lipinski definition) is 3. The largest absolute Gasteiger partial charge is 0.447 e. The van der Waals surface area contributed by atoms with Crippen LogP contribution in [0.1, 0.15) is 73.1 Å². The second-order valence-corrected chi connectivity index (χ2v) is 11.1. The van der Waals surface area contributed by atoms with E-state index >= 15 is 0 Å². The molecule has 0 radical (unpaired) electrons. The fourth-order valence-electron chi connectivity index (χ4n) is 6.03. The van der Waals surface area contributed by atoms with Crippen LogP contribution in [-0.4, -0.2) is 65.3 Å². The molecule has 1 saturated heterocycles. The smallest absolute Gasteiger partial charge is 0.408 e. The van der Waals surface area contributed by atoms with E-state index in [1.54, 1.807) is 18.7 Å². The number of alkyl carbamates (subject to hydrolysis) is 1. The van der Waals surface area contributed by atoms with Crippen LogP contribution in [0.15, 0.2) is 0 Å². The summed E-state index contributed by atoms with van der Waals surface area (Å²) in [7, 11) is 0. The molecular formula is C25H40N4O6. The molecule has 10 nitrogen and oxygen atoms in total. The molecular weight excluding hydrogens is 452 g/mol. The van der Waals surface area contributed by atoms with Crippen molar-refractivity contribution in [1.29, 1.82) is 0 Å². The minimum absolute atomic E-state index is 0.0276. The zero-order valence-corrected chi connectivity index (χ0v) is 21.5. The van der Waals surface area contributed by atoms with Gasteiger partial charge in [-0.15, -0.1) is 0 Å². The Morgan fingerprint density at radius 2 is 1.71 bits per heavy atom. The van der Waals surface area contributed by atoms with Crippen molar-refractivity contribution < 1.29 is 28.7 Å². The highest BCUT2D eigenvalue weighted by atomic mass is 16.6. The number of Topliss-reactive ketones (excluding diaryl/α,β-unsaturated/α-hetero) is 1. The fourth-order valence-corrected chi connectivity index (χ4v) is 6.03. The molecule has 2 saturated carbocycles. The van der Waals surface area contributed by atoms with Gasteiger partial charge in [-0.25, -0.2) is 4.79 Å². The SMILES string of the molecule is CCCC(NC(=O)[C@@H]1C2C(CN1C(=O)[C@@H](NC(=O)OC(C)C)C1CCCC1)C2(C)C)C(=O)C(N)=O. The minimum Gasteiger partial charge on any atom is -0.447 e. The molecule has 196 valence electrons. The van der Waals surface area contributed by atoms with Crippen molar-refractivity contribution in [3.8, 4) is 0 Å². The third kappa shape index (κ3) is 5.62. The number of rotatable bonds is 10. The van der Waals surface area contributed by atoms with Crippen LogP contribution in [0.2, 0.25) is 0 Å². The molecule has 0 spiro atoms. The summed E-state index contributed by atoms with van der Waals surface area (Å²) in [5, 5.41) is 5.47. The molecule has 1 heterocycles. The summed E-state index contributed by atoms with van der Waals surface area (Å²) in [6.45, 7) is 9.85. The molecule has 4 N–H and O–H groups in total. The third-order valence-corrected chi connectivity index (χ3v) is 7.97. The molecule has 35 heavy (non-hydrogen) atoms. The summed E-state index contributed by atoms with van der Waals surface area (Å²) >= 11 is 0. The highest BCUT2D eigenvalue weighted by Crippen LogP contribution is 2.65. The van der Waals surface area contributed by atoms with Gasteiger partial charge in [-0.05, 0) is 56.3 Å². The molecule has 4 amide bonds. The van der Waals surface area contributed by atoms with E-state index in [2.05, 4.69) is 24.5 Å². The second-order valence-electron chi connectivity index (χ2n) is 11.1. The van der Waals surface area contributed by atoms with Crippen LogP contribution in [0.4, 0.5) is 4.79 Å². The summed E-state index contributed by atoms with van der Waals surface area (Å²) in [6.07, 6.45) is 3.45. The van der Waals surface area contributed by atoms with Gasteiger partial charge in [-0.3, -0.25) is 19.2 Å². The zero-order valence-electron chi connectivity index (χ0n) is 21.5. The van der Waals surface area contributed by atoms with Gasteiger partial charge in [0.1, 0.15) is 12.1 Å². The Labute approximate surface area is 207 Å².